The highest BCUT2D eigenvalue weighted by Crippen LogP contribution is 2.29. The number of anilines is 1. The summed E-state index contributed by atoms with van der Waals surface area (Å²) in [5.74, 6) is -1.45. The molecule has 0 unspecified atom stereocenters. The number of amides is 2. The number of rotatable bonds is 7. The van der Waals surface area contributed by atoms with Crippen molar-refractivity contribution in [3.05, 3.63) is 81.8 Å². The van der Waals surface area contributed by atoms with Crippen molar-refractivity contribution in [2.24, 2.45) is 5.10 Å². The fourth-order valence-electron chi connectivity index (χ4n) is 2.71. The van der Waals surface area contributed by atoms with Crippen molar-refractivity contribution in [2.75, 3.05) is 19.5 Å². The fraction of sp³-hybridized carbons (Fsp3) is 0.0833. The highest BCUT2D eigenvalue weighted by Gasteiger charge is 2.15. The molecule has 0 heterocycles. The van der Waals surface area contributed by atoms with Crippen LogP contribution in [0.15, 0.2) is 65.8 Å². The summed E-state index contributed by atoms with van der Waals surface area (Å²) < 4.78 is 15.8. The number of esters is 1. The minimum atomic E-state index is -0.996. The molecular formula is C24H19Cl2N3O6. The number of halogens is 2. The second-order valence-electron chi connectivity index (χ2n) is 6.81. The zero-order valence-electron chi connectivity index (χ0n) is 18.5. The summed E-state index contributed by atoms with van der Waals surface area (Å²) in [4.78, 5) is 36.4. The van der Waals surface area contributed by atoms with Gasteiger partial charge in [-0.25, -0.2) is 10.2 Å². The molecular weight excluding hydrogens is 497 g/mol. The van der Waals surface area contributed by atoms with Gasteiger partial charge in [0.1, 0.15) is 5.75 Å². The number of ether oxygens (including phenoxy) is 3. The Morgan fingerprint density at radius 3 is 2.23 bits per heavy atom. The van der Waals surface area contributed by atoms with Gasteiger partial charge >= 0.3 is 17.8 Å². The van der Waals surface area contributed by atoms with E-state index in [4.69, 9.17) is 37.4 Å². The first-order chi connectivity index (χ1) is 16.8. The van der Waals surface area contributed by atoms with Gasteiger partial charge in [-0.3, -0.25) is 9.59 Å². The molecule has 0 atom stereocenters. The summed E-state index contributed by atoms with van der Waals surface area (Å²) in [5.41, 5.74) is 3.26. The van der Waals surface area contributed by atoms with Crippen LogP contribution in [0.5, 0.6) is 17.2 Å². The number of nitrogens with one attached hydrogen (secondary N) is 2. The van der Waals surface area contributed by atoms with Gasteiger partial charge in [0.25, 0.3) is 0 Å². The van der Waals surface area contributed by atoms with E-state index in [0.29, 0.717) is 27.6 Å². The molecule has 0 spiro atoms. The normalized spacial score (nSPS) is 10.5. The Balaban J connectivity index is 1.60. The van der Waals surface area contributed by atoms with Crippen LogP contribution in [0.2, 0.25) is 10.0 Å². The third-order valence-electron chi connectivity index (χ3n) is 4.48. The summed E-state index contributed by atoms with van der Waals surface area (Å²) in [6.45, 7) is 0. The first-order valence-corrected chi connectivity index (χ1v) is 10.7. The van der Waals surface area contributed by atoms with E-state index in [0.717, 1.165) is 0 Å². The second-order valence-corrected chi connectivity index (χ2v) is 7.62. The highest BCUT2D eigenvalue weighted by molar-refractivity contribution is 6.43. The lowest BCUT2D eigenvalue weighted by Gasteiger charge is -2.10. The average Bonchev–Trinajstić information content (AvgIpc) is 2.86. The van der Waals surface area contributed by atoms with Crippen LogP contribution in [0.1, 0.15) is 15.9 Å². The molecule has 0 saturated heterocycles. The SMILES string of the molecule is COc1ccc(C(=O)Oc2ccc(/C=N/NC(=O)C(=O)Nc3ccc(Cl)c(Cl)c3)cc2OC)cc1. The van der Waals surface area contributed by atoms with Crippen molar-refractivity contribution >= 4 is 52.9 Å². The number of carbonyl (C=O) groups is 3. The zero-order chi connectivity index (χ0) is 25.4. The maximum absolute atomic E-state index is 12.4. The van der Waals surface area contributed by atoms with Crippen molar-refractivity contribution in [1.82, 2.24) is 5.43 Å². The topological polar surface area (TPSA) is 115 Å². The molecule has 3 rings (SSSR count). The van der Waals surface area contributed by atoms with E-state index in [-0.39, 0.29) is 16.5 Å². The summed E-state index contributed by atoms with van der Waals surface area (Å²) in [6.07, 6.45) is 1.29. The molecule has 3 aromatic carbocycles. The maximum atomic E-state index is 12.4. The van der Waals surface area contributed by atoms with Gasteiger partial charge in [-0.15, -0.1) is 0 Å². The van der Waals surface area contributed by atoms with Crippen LogP contribution in [0.4, 0.5) is 5.69 Å². The number of carbonyl (C=O) groups excluding carboxylic acids is 3. The van der Waals surface area contributed by atoms with Crippen LogP contribution in [-0.2, 0) is 9.59 Å². The van der Waals surface area contributed by atoms with Gasteiger partial charge in [0, 0.05) is 5.69 Å². The van der Waals surface area contributed by atoms with Crippen LogP contribution in [0.3, 0.4) is 0 Å². The zero-order valence-corrected chi connectivity index (χ0v) is 20.0. The first-order valence-electron chi connectivity index (χ1n) is 9.94. The number of methoxy groups -OCH3 is 2. The molecule has 180 valence electrons. The van der Waals surface area contributed by atoms with Crippen LogP contribution in [0, 0.1) is 0 Å². The number of benzene rings is 3. The quantitative estimate of drug-likeness (QED) is 0.159. The minimum absolute atomic E-state index is 0.190. The molecule has 0 fully saturated rings. The molecule has 3 aromatic rings. The van der Waals surface area contributed by atoms with Gasteiger partial charge in [-0.05, 0) is 66.2 Å². The van der Waals surface area contributed by atoms with Gasteiger partial charge in [0.05, 0.1) is 36.0 Å². The molecule has 0 aliphatic heterocycles. The molecule has 2 N–H and O–H groups in total. The lowest BCUT2D eigenvalue weighted by Crippen LogP contribution is -2.32. The largest absolute Gasteiger partial charge is 0.497 e. The number of hydrogen-bond donors (Lipinski definition) is 2. The first kappa shape index (κ1) is 25.5. The minimum Gasteiger partial charge on any atom is -0.497 e. The van der Waals surface area contributed by atoms with Gasteiger partial charge in [0.2, 0.25) is 0 Å². The van der Waals surface area contributed by atoms with E-state index in [1.807, 2.05) is 0 Å². The maximum Gasteiger partial charge on any atom is 0.343 e. The molecule has 11 heteroatoms. The van der Waals surface area contributed by atoms with Crippen LogP contribution < -0.4 is 25.0 Å². The third-order valence-corrected chi connectivity index (χ3v) is 5.22. The Labute approximate surface area is 210 Å². The molecule has 0 radical (unpaired) electrons. The van der Waals surface area contributed by atoms with Crippen LogP contribution in [0.25, 0.3) is 0 Å². The summed E-state index contributed by atoms with van der Waals surface area (Å²) in [7, 11) is 2.94. The average molecular weight is 516 g/mol. The predicted molar refractivity (Wildman–Crippen MR) is 132 cm³/mol. The molecule has 0 bridgehead atoms. The van der Waals surface area contributed by atoms with Crippen LogP contribution >= 0.6 is 23.2 Å². The molecule has 0 saturated carbocycles. The third kappa shape index (κ3) is 6.95. The van der Waals surface area contributed by atoms with Crippen molar-refractivity contribution in [3.63, 3.8) is 0 Å². The standard InChI is InChI=1S/C24H19Cl2N3O6/c1-33-17-7-4-15(5-8-17)24(32)35-20-10-3-14(11-21(20)34-2)13-27-29-23(31)22(30)28-16-6-9-18(25)19(26)12-16/h3-13H,1-2H3,(H,28,30)(H,29,31)/b27-13+. The van der Waals surface area contributed by atoms with E-state index in [9.17, 15) is 14.4 Å². The molecule has 35 heavy (non-hydrogen) atoms. The van der Waals surface area contributed by atoms with E-state index < -0.39 is 17.8 Å². The Morgan fingerprint density at radius 2 is 1.57 bits per heavy atom. The lowest BCUT2D eigenvalue weighted by molar-refractivity contribution is -0.136. The van der Waals surface area contributed by atoms with Crippen molar-refractivity contribution in [3.8, 4) is 17.2 Å². The van der Waals surface area contributed by atoms with Crippen LogP contribution in [-0.4, -0.2) is 38.2 Å². The van der Waals surface area contributed by atoms with Crippen molar-refractivity contribution < 1.29 is 28.6 Å². The Bertz CT molecular complexity index is 1280. The highest BCUT2D eigenvalue weighted by atomic mass is 35.5. The van der Waals surface area contributed by atoms with Crippen molar-refractivity contribution in [2.45, 2.75) is 0 Å². The van der Waals surface area contributed by atoms with Gasteiger partial charge in [0.15, 0.2) is 11.5 Å². The van der Waals surface area contributed by atoms with Gasteiger partial charge < -0.3 is 19.5 Å². The summed E-state index contributed by atoms with van der Waals surface area (Å²) in [5, 5.41) is 6.68. The fourth-order valence-corrected chi connectivity index (χ4v) is 3.01. The van der Waals surface area contributed by atoms with E-state index >= 15 is 0 Å². The number of hydrazone groups is 1. The van der Waals surface area contributed by atoms with Gasteiger partial charge in [-0.1, -0.05) is 23.2 Å². The lowest BCUT2D eigenvalue weighted by atomic mass is 10.2. The van der Waals surface area contributed by atoms with Gasteiger partial charge in [-0.2, -0.15) is 5.10 Å². The summed E-state index contributed by atoms with van der Waals surface area (Å²) in [6, 6.07) is 15.5. The Morgan fingerprint density at radius 1 is 0.829 bits per heavy atom. The Hall–Kier alpha value is -4.08. The van der Waals surface area contributed by atoms with E-state index in [2.05, 4.69) is 15.8 Å². The van der Waals surface area contributed by atoms with Crippen molar-refractivity contribution in [1.29, 1.82) is 0 Å². The summed E-state index contributed by atoms with van der Waals surface area (Å²) >= 11 is 11.7. The smallest absolute Gasteiger partial charge is 0.343 e. The number of nitrogens with zero attached hydrogens (tertiary/aromatic N) is 1. The predicted octanol–water partition coefficient (Wildman–Crippen LogP) is 4.32. The Kier molecular flexibility index (Phi) is 8.66. The van der Waals surface area contributed by atoms with E-state index in [1.54, 1.807) is 36.4 Å². The monoisotopic (exact) mass is 515 g/mol. The molecule has 9 nitrogen and oxygen atoms in total. The second kappa shape index (κ2) is 11.9. The molecule has 0 aliphatic rings. The number of hydrogen-bond acceptors (Lipinski definition) is 7. The molecule has 2 amide bonds. The molecule has 0 aromatic heterocycles. The molecule has 0 aliphatic carbocycles. The van der Waals surface area contributed by atoms with E-state index in [1.165, 1.54) is 44.7 Å².